The Morgan fingerprint density at radius 2 is 1.64 bits per heavy atom. The minimum Gasteiger partial charge on any atom is -0.448 e. The molecule has 120 valence electrons. The minimum atomic E-state index is -0.673. The lowest BCUT2D eigenvalue weighted by Crippen LogP contribution is -2.47. The zero-order chi connectivity index (χ0) is 16.5. The van der Waals surface area contributed by atoms with Crippen molar-refractivity contribution in [2.45, 2.75) is 66.6 Å². The molecule has 0 saturated heterocycles. The number of benzene rings is 1. The second-order valence-corrected chi connectivity index (χ2v) is 9.19. The molecule has 0 fully saturated rings. The average Bonchev–Trinajstić information content (AvgIpc) is 2.90. The first-order chi connectivity index (χ1) is 9.96. The van der Waals surface area contributed by atoms with E-state index in [1.54, 1.807) is 11.3 Å². The van der Waals surface area contributed by atoms with Gasteiger partial charge in [0.2, 0.25) is 0 Å². The molecule has 1 aliphatic rings. The van der Waals surface area contributed by atoms with Crippen LogP contribution < -0.4 is 9.47 Å². The number of fused-ring (bicyclic) bond motifs is 3. The van der Waals surface area contributed by atoms with Crippen LogP contribution in [0.1, 0.15) is 59.6 Å². The lowest BCUT2D eigenvalue weighted by Gasteiger charge is -2.36. The summed E-state index contributed by atoms with van der Waals surface area (Å²) in [6, 6.07) is 0. The first-order valence-electron chi connectivity index (χ1n) is 7.74. The highest BCUT2D eigenvalue weighted by molar-refractivity contribution is 7.17. The van der Waals surface area contributed by atoms with Gasteiger partial charge < -0.3 is 9.47 Å². The van der Waals surface area contributed by atoms with Crippen LogP contribution in [-0.2, 0) is 5.41 Å². The number of rotatable bonds is 0. The Bertz CT molecular complexity index is 749. The minimum absolute atomic E-state index is 0.0357. The quantitative estimate of drug-likeness (QED) is 0.648. The van der Waals surface area contributed by atoms with Crippen LogP contribution in [0.15, 0.2) is 5.51 Å². The van der Waals surface area contributed by atoms with E-state index in [9.17, 15) is 0 Å². The van der Waals surface area contributed by atoms with Crippen LogP contribution in [0.5, 0.6) is 11.5 Å². The number of aromatic nitrogens is 1. The van der Waals surface area contributed by atoms with E-state index in [1.807, 2.05) is 12.4 Å². The highest BCUT2D eigenvalue weighted by Crippen LogP contribution is 2.54. The van der Waals surface area contributed by atoms with Gasteiger partial charge in [0.25, 0.3) is 5.79 Å². The lowest BCUT2D eigenvalue weighted by molar-refractivity contribution is -0.142. The van der Waals surface area contributed by atoms with Gasteiger partial charge in [-0.15, -0.1) is 11.3 Å². The van der Waals surface area contributed by atoms with Crippen molar-refractivity contribution in [3.63, 3.8) is 0 Å². The summed E-state index contributed by atoms with van der Waals surface area (Å²) in [4.78, 5) is 4.57. The third-order valence-electron chi connectivity index (χ3n) is 4.64. The van der Waals surface area contributed by atoms with Gasteiger partial charge in [0.1, 0.15) is 5.52 Å². The Hall–Kier alpha value is -1.29. The van der Waals surface area contributed by atoms with Crippen LogP contribution in [0.25, 0.3) is 10.2 Å². The number of thiazole rings is 1. The molecule has 4 heteroatoms. The molecule has 0 saturated carbocycles. The van der Waals surface area contributed by atoms with Crippen LogP contribution in [-0.4, -0.2) is 10.8 Å². The van der Waals surface area contributed by atoms with Crippen molar-refractivity contribution in [3.05, 3.63) is 16.6 Å². The molecule has 0 aliphatic carbocycles. The lowest BCUT2D eigenvalue weighted by atomic mass is 9.83. The molecule has 0 amide bonds. The monoisotopic (exact) mass is 319 g/mol. The predicted molar refractivity (Wildman–Crippen MR) is 92.2 cm³/mol. The van der Waals surface area contributed by atoms with Gasteiger partial charge in [-0.2, -0.15) is 0 Å². The second-order valence-electron chi connectivity index (χ2n) is 8.34. The highest BCUT2D eigenvalue weighted by Gasteiger charge is 2.49. The van der Waals surface area contributed by atoms with Crippen molar-refractivity contribution in [1.29, 1.82) is 0 Å². The Labute approximate surface area is 136 Å². The highest BCUT2D eigenvalue weighted by atomic mass is 32.1. The summed E-state index contributed by atoms with van der Waals surface area (Å²) < 4.78 is 13.9. The fourth-order valence-electron chi connectivity index (χ4n) is 2.98. The molecule has 1 unspecified atom stereocenters. The molecule has 0 spiro atoms. The Morgan fingerprint density at radius 1 is 1.05 bits per heavy atom. The van der Waals surface area contributed by atoms with E-state index in [0.717, 1.165) is 17.0 Å². The molecule has 1 aliphatic heterocycles. The fourth-order valence-corrected chi connectivity index (χ4v) is 4.08. The smallest absolute Gasteiger partial charge is 0.253 e. The number of ether oxygens (including phenoxy) is 2. The summed E-state index contributed by atoms with van der Waals surface area (Å²) in [6.45, 7) is 17.3. The van der Waals surface area contributed by atoms with Gasteiger partial charge in [-0.25, -0.2) is 4.98 Å². The number of hydrogen-bond donors (Lipinski definition) is 0. The molecule has 0 N–H and O–H groups in total. The van der Waals surface area contributed by atoms with Gasteiger partial charge in [0, 0.05) is 17.9 Å². The Morgan fingerprint density at radius 3 is 2.18 bits per heavy atom. The van der Waals surface area contributed by atoms with Gasteiger partial charge in [0.05, 0.1) is 10.2 Å². The van der Waals surface area contributed by atoms with Crippen LogP contribution in [0.3, 0.4) is 0 Å². The maximum atomic E-state index is 6.35. The summed E-state index contributed by atoms with van der Waals surface area (Å²) in [7, 11) is 0. The zero-order valence-corrected chi connectivity index (χ0v) is 15.6. The van der Waals surface area contributed by atoms with E-state index in [4.69, 9.17) is 9.47 Å². The van der Waals surface area contributed by atoms with E-state index in [1.165, 1.54) is 15.8 Å². The largest absolute Gasteiger partial charge is 0.448 e. The molecular formula is C18H25NO2S. The Balaban J connectivity index is 2.31. The molecule has 2 aromatic rings. The van der Waals surface area contributed by atoms with Crippen LogP contribution in [0.2, 0.25) is 0 Å². The summed E-state index contributed by atoms with van der Waals surface area (Å²) in [5, 5.41) is 0. The molecule has 1 aromatic carbocycles. The van der Waals surface area contributed by atoms with Crippen molar-refractivity contribution in [2.24, 2.45) is 5.41 Å². The van der Waals surface area contributed by atoms with Gasteiger partial charge in [-0.05, 0) is 17.9 Å². The number of nitrogens with zero attached hydrogens (tertiary/aromatic N) is 1. The van der Waals surface area contributed by atoms with Crippen LogP contribution >= 0.6 is 11.3 Å². The van der Waals surface area contributed by atoms with Gasteiger partial charge in [-0.3, -0.25) is 0 Å². The second kappa shape index (κ2) is 4.38. The molecule has 3 rings (SSSR count). The summed E-state index contributed by atoms with van der Waals surface area (Å²) in [5.41, 5.74) is 5.22. The SMILES string of the molecule is Cc1c2c(c3ncsc3c1C(C)(C)C)OC(C)(C(C)(C)C)O2. The molecule has 1 aromatic heterocycles. The summed E-state index contributed by atoms with van der Waals surface area (Å²) in [5.74, 6) is 0.993. The fraction of sp³-hybridized carbons (Fsp3) is 0.611. The maximum Gasteiger partial charge on any atom is 0.253 e. The van der Waals surface area contributed by atoms with Crippen molar-refractivity contribution < 1.29 is 9.47 Å². The summed E-state index contributed by atoms with van der Waals surface area (Å²) in [6.07, 6.45) is 0. The maximum absolute atomic E-state index is 6.35. The third-order valence-corrected chi connectivity index (χ3v) is 5.48. The topological polar surface area (TPSA) is 31.4 Å². The van der Waals surface area contributed by atoms with Gasteiger partial charge in [0.15, 0.2) is 11.5 Å². The molecular weight excluding hydrogens is 294 g/mol. The van der Waals surface area contributed by atoms with Crippen molar-refractivity contribution in [2.75, 3.05) is 0 Å². The summed E-state index contributed by atoms with van der Waals surface area (Å²) >= 11 is 1.68. The van der Waals surface area contributed by atoms with Crippen molar-refractivity contribution in [1.82, 2.24) is 4.98 Å². The first kappa shape index (κ1) is 15.6. The van der Waals surface area contributed by atoms with E-state index in [2.05, 4.69) is 53.5 Å². The van der Waals surface area contributed by atoms with E-state index in [0.29, 0.717) is 0 Å². The Kier molecular flexibility index (Phi) is 3.10. The van der Waals surface area contributed by atoms with Crippen molar-refractivity contribution >= 4 is 21.6 Å². The van der Waals surface area contributed by atoms with Gasteiger partial charge in [-0.1, -0.05) is 41.5 Å². The van der Waals surface area contributed by atoms with Crippen LogP contribution in [0, 0.1) is 12.3 Å². The first-order valence-corrected chi connectivity index (χ1v) is 8.62. The predicted octanol–water partition coefficient (Wildman–Crippen LogP) is 5.44. The van der Waals surface area contributed by atoms with E-state index in [-0.39, 0.29) is 10.8 Å². The van der Waals surface area contributed by atoms with E-state index >= 15 is 0 Å². The number of hydrogen-bond acceptors (Lipinski definition) is 4. The molecule has 1 atom stereocenters. The molecule has 3 nitrogen and oxygen atoms in total. The molecule has 0 bridgehead atoms. The normalized spacial score (nSPS) is 21.6. The van der Waals surface area contributed by atoms with Crippen LogP contribution in [0.4, 0.5) is 0 Å². The van der Waals surface area contributed by atoms with Crippen molar-refractivity contribution in [3.8, 4) is 11.5 Å². The standard InChI is InChI=1S/C18H25NO2S/c1-10-11(16(2,3)4)15-12(19-9-22-15)14-13(10)20-18(8,21-14)17(5,6)7/h9H,1-8H3. The van der Waals surface area contributed by atoms with E-state index < -0.39 is 5.79 Å². The average molecular weight is 319 g/mol. The van der Waals surface area contributed by atoms with Gasteiger partial charge >= 0.3 is 0 Å². The third kappa shape index (κ3) is 2.03. The molecule has 0 radical (unpaired) electrons. The molecule has 22 heavy (non-hydrogen) atoms. The molecule has 2 heterocycles. The zero-order valence-electron chi connectivity index (χ0n) is 14.7.